The van der Waals surface area contributed by atoms with Crippen molar-refractivity contribution < 1.29 is 14.4 Å². The molecule has 0 radical (unpaired) electrons. The van der Waals surface area contributed by atoms with Crippen LogP contribution in [0, 0.1) is 25.2 Å². The molecule has 1 saturated heterocycles. The predicted octanol–water partition coefficient (Wildman–Crippen LogP) is 2.44. The minimum atomic E-state index is -0.149. The van der Waals surface area contributed by atoms with Crippen LogP contribution < -0.4 is 5.32 Å². The SMILES string of the molecule is Cc1nc2c(C#N)cnn2c(C)c1CCC(=O)Nc1ccc(CN2C(=O)CCC2=O)cc1. The van der Waals surface area contributed by atoms with Gasteiger partial charge in [-0.15, -0.1) is 0 Å². The molecule has 1 aromatic carbocycles. The molecular formula is C23H22N6O3. The van der Waals surface area contributed by atoms with Gasteiger partial charge in [-0.1, -0.05) is 12.1 Å². The number of aryl methyl sites for hydroxylation is 2. The van der Waals surface area contributed by atoms with Crippen molar-refractivity contribution in [3.8, 4) is 6.07 Å². The Kier molecular flexibility index (Phi) is 5.69. The number of carbonyl (C=O) groups is 3. The van der Waals surface area contributed by atoms with E-state index >= 15 is 0 Å². The van der Waals surface area contributed by atoms with Gasteiger partial charge in [0, 0.05) is 36.3 Å². The van der Waals surface area contributed by atoms with Crippen molar-refractivity contribution in [3.05, 3.63) is 58.5 Å². The molecule has 0 bridgehead atoms. The van der Waals surface area contributed by atoms with Crippen LogP contribution >= 0.6 is 0 Å². The summed E-state index contributed by atoms with van der Waals surface area (Å²) in [4.78, 5) is 41.7. The van der Waals surface area contributed by atoms with E-state index in [9.17, 15) is 19.6 Å². The highest BCUT2D eigenvalue weighted by Crippen LogP contribution is 2.20. The zero-order valence-corrected chi connectivity index (χ0v) is 17.9. The number of nitriles is 1. The lowest BCUT2D eigenvalue weighted by Gasteiger charge is -2.14. The van der Waals surface area contributed by atoms with Crippen LogP contribution in [-0.4, -0.2) is 37.2 Å². The standard InChI is InChI=1S/C23H22N6O3/c1-14-19(15(2)29-23(26-14)17(11-24)12-25-29)7-8-20(30)27-18-5-3-16(4-6-18)13-28-21(31)9-10-22(28)32/h3-6,12H,7-10,13H2,1-2H3,(H,27,30). The van der Waals surface area contributed by atoms with Gasteiger partial charge in [0.2, 0.25) is 17.7 Å². The number of imide groups is 1. The van der Waals surface area contributed by atoms with Crippen LogP contribution in [0.2, 0.25) is 0 Å². The monoisotopic (exact) mass is 430 g/mol. The van der Waals surface area contributed by atoms with Crippen molar-refractivity contribution in [1.82, 2.24) is 19.5 Å². The van der Waals surface area contributed by atoms with Crippen molar-refractivity contribution in [2.24, 2.45) is 0 Å². The third kappa shape index (κ3) is 4.07. The summed E-state index contributed by atoms with van der Waals surface area (Å²) in [5.41, 5.74) is 4.97. The number of nitrogens with zero attached hydrogens (tertiary/aromatic N) is 5. The molecule has 0 saturated carbocycles. The van der Waals surface area contributed by atoms with E-state index in [2.05, 4.69) is 21.5 Å². The molecule has 0 aliphatic carbocycles. The summed E-state index contributed by atoms with van der Waals surface area (Å²) in [6.45, 7) is 4.02. The molecule has 0 atom stereocenters. The maximum atomic E-state index is 12.5. The summed E-state index contributed by atoms with van der Waals surface area (Å²) < 4.78 is 1.63. The first-order chi connectivity index (χ1) is 15.4. The van der Waals surface area contributed by atoms with Crippen molar-refractivity contribution in [2.75, 3.05) is 5.32 Å². The molecule has 1 aliphatic heterocycles. The van der Waals surface area contributed by atoms with Crippen LogP contribution in [0.3, 0.4) is 0 Å². The number of anilines is 1. The number of likely N-dealkylation sites (tertiary alicyclic amines) is 1. The Bertz CT molecular complexity index is 1250. The molecule has 3 amide bonds. The van der Waals surface area contributed by atoms with Gasteiger partial charge < -0.3 is 5.32 Å². The summed E-state index contributed by atoms with van der Waals surface area (Å²) in [6, 6.07) is 9.20. The van der Waals surface area contributed by atoms with E-state index < -0.39 is 0 Å². The van der Waals surface area contributed by atoms with Gasteiger partial charge in [-0.05, 0) is 43.5 Å². The molecule has 9 heteroatoms. The molecule has 2 aromatic heterocycles. The zero-order chi connectivity index (χ0) is 22.8. The Labute approximate surface area is 184 Å². The molecule has 9 nitrogen and oxygen atoms in total. The Morgan fingerprint density at radius 1 is 1.16 bits per heavy atom. The van der Waals surface area contributed by atoms with Gasteiger partial charge >= 0.3 is 0 Å². The average Bonchev–Trinajstić information content (AvgIpc) is 3.32. The second kappa shape index (κ2) is 8.59. The van der Waals surface area contributed by atoms with Gasteiger partial charge in [-0.25, -0.2) is 9.50 Å². The first kappa shape index (κ1) is 21.2. The van der Waals surface area contributed by atoms with Crippen molar-refractivity contribution in [1.29, 1.82) is 5.26 Å². The van der Waals surface area contributed by atoms with Crippen LogP contribution in [0.5, 0.6) is 0 Å². The Morgan fingerprint density at radius 2 is 1.84 bits per heavy atom. The van der Waals surface area contributed by atoms with E-state index in [-0.39, 0.29) is 43.5 Å². The third-order valence-electron chi connectivity index (χ3n) is 5.66. The number of fused-ring (bicyclic) bond motifs is 1. The third-order valence-corrected chi connectivity index (χ3v) is 5.66. The molecule has 162 valence electrons. The lowest BCUT2D eigenvalue weighted by Crippen LogP contribution is -2.28. The van der Waals surface area contributed by atoms with Crippen LogP contribution in [0.15, 0.2) is 30.5 Å². The topological polar surface area (TPSA) is 120 Å². The molecule has 0 unspecified atom stereocenters. The number of rotatable bonds is 6. The number of amides is 3. The first-order valence-electron chi connectivity index (χ1n) is 10.3. The average molecular weight is 430 g/mol. The van der Waals surface area contributed by atoms with Crippen LogP contribution in [0.1, 0.15) is 47.3 Å². The van der Waals surface area contributed by atoms with E-state index in [0.29, 0.717) is 23.3 Å². The first-order valence-corrected chi connectivity index (χ1v) is 10.3. The molecule has 3 aromatic rings. The fourth-order valence-electron chi connectivity index (χ4n) is 3.89. The maximum Gasteiger partial charge on any atom is 0.229 e. The molecule has 4 rings (SSSR count). The van der Waals surface area contributed by atoms with Gasteiger partial charge in [0.1, 0.15) is 11.6 Å². The fraction of sp³-hybridized carbons (Fsp3) is 0.304. The van der Waals surface area contributed by atoms with Crippen molar-refractivity contribution in [2.45, 2.75) is 46.1 Å². The maximum absolute atomic E-state index is 12.5. The van der Waals surface area contributed by atoms with Gasteiger partial charge in [-0.2, -0.15) is 10.4 Å². The lowest BCUT2D eigenvalue weighted by molar-refractivity contribution is -0.139. The predicted molar refractivity (Wildman–Crippen MR) is 115 cm³/mol. The quantitative estimate of drug-likeness (QED) is 0.600. The summed E-state index contributed by atoms with van der Waals surface area (Å²) in [5.74, 6) is -0.436. The van der Waals surface area contributed by atoms with Gasteiger partial charge in [-0.3, -0.25) is 19.3 Å². The number of nitrogens with one attached hydrogen (secondary N) is 1. The summed E-state index contributed by atoms with van der Waals surface area (Å²) in [7, 11) is 0. The second-order valence-corrected chi connectivity index (χ2v) is 7.79. The van der Waals surface area contributed by atoms with E-state index in [1.807, 2.05) is 13.8 Å². The molecular weight excluding hydrogens is 408 g/mol. The summed E-state index contributed by atoms with van der Waals surface area (Å²) >= 11 is 0. The second-order valence-electron chi connectivity index (χ2n) is 7.79. The van der Waals surface area contributed by atoms with Crippen molar-refractivity contribution >= 4 is 29.1 Å². The number of carbonyl (C=O) groups excluding carboxylic acids is 3. The summed E-state index contributed by atoms with van der Waals surface area (Å²) in [6.07, 6.45) is 2.79. The smallest absolute Gasteiger partial charge is 0.229 e. The Hall–Kier alpha value is -4.06. The van der Waals surface area contributed by atoms with Crippen LogP contribution in [0.4, 0.5) is 5.69 Å². The Morgan fingerprint density at radius 3 is 2.50 bits per heavy atom. The van der Waals surface area contributed by atoms with E-state index in [1.54, 1.807) is 28.8 Å². The molecule has 1 aliphatic rings. The molecule has 32 heavy (non-hydrogen) atoms. The zero-order valence-electron chi connectivity index (χ0n) is 17.9. The minimum Gasteiger partial charge on any atom is -0.326 e. The van der Waals surface area contributed by atoms with Crippen molar-refractivity contribution in [3.63, 3.8) is 0 Å². The Balaban J connectivity index is 1.38. The van der Waals surface area contributed by atoms with E-state index in [1.165, 1.54) is 11.1 Å². The largest absolute Gasteiger partial charge is 0.326 e. The number of hydrogen-bond acceptors (Lipinski definition) is 6. The summed E-state index contributed by atoms with van der Waals surface area (Å²) in [5, 5.41) is 16.3. The van der Waals surface area contributed by atoms with E-state index in [4.69, 9.17) is 0 Å². The minimum absolute atomic E-state index is 0.139. The molecule has 1 N–H and O–H groups in total. The lowest BCUT2D eigenvalue weighted by atomic mass is 10.1. The molecule has 0 spiro atoms. The number of hydrogen-bond donors (Lipinski definition) is 1. The van der Waals surface area contributed by atoms with Gasteiger partial charge in [0.15, 0.2) is 5.65 Å². The molecule has 3 heterocycles. The van der Waals surface area contributed by atoms with E-state index in [0.717, 1.165) is 22.5 Å². The highest BCUT2D eigenvalue weighted by Gasteiger charge is 2.28. The van der Waals surface area contributed by atoms with Crippen LogP contribution in [-0.2, 0) is 27.3 Å². The highest BCUT2D eigenvalue weighted by molar-refractivity contribution is 6.01. The van der Waals surface area contributed by atoms with Gasteiger partial charge in [0.25, 0.3) is 0 Å². The number of benzene rings is 1. The normalized spacial score (nSPS) is 13.6. The van der Waals surface area contributed by atoms with Gasteiger partial charge in [0.05, 0.1) is 12.7 Å². The fourth-order valence-corrected chi connectivity index (χ4v) is 3.89. The molecule has 1 fully saturated rings. The number of aromatic nitrogens is 3. The highest BCUT2D eigenvalue weighted by atomic mass is 16.2. The van der Waals surface area contributed by atoms with Crippen LogP contribution in [0.25, 0.3) is 5.65 Å².